The van der Waals surface area contributed by atoms with Crippen molar-refractivity contribution >= 4 is 17.3 Å². The van der Waals surface area contributed by atoms with Crippen LogP contribution in [0.15, 0.2) is 0 Å². The molecule has 0 radical (unpaired) electrons. The lowest BCUT2D eigenvalue weighted by Gasteiger charge is -2.19. The molecule has 0 aromatic carbocycles. The standard InChI is InChI=1S/C13H19NO2S/c1-4-16-13(15)9-6-5-7-10-11(9)14-12(17-10)8(2)3/h8-9H,4-7H2,1-3H3. The van der Waals surface area contributed by atoms with Gasteiger partial charge in [0.25, 0.3) is 0 Å². The van der Waals surface area contributed by atoms with Crippen molar-refractivity contribution < 1.29 is 9.53 Å². The minimum absolute atomic E-state index is 0.103. The van der Waals surface area contributed by atoms with Crippen molar-refractivity contribution in [2.75, 3.05) is 6.61 Å². The quantitative estimate of drug-likeness (QED) is 0.776. The summed E-state index contributed by atoms with van der Waals surface area (Å²) in [5.41, 5.74) is 0.989. The van der Waals surface area contributed by atoms with Crippen molar-refractivity contribution in [3.63, 3.8) is 0 Å². The summed E-state index contributed by atoms with van der Waals surface area (Å²) in [6, 6.07) is 0. The zero-order valence-corrected chi connectivity index (χ0v) is 11.5. The van der Waals surface area contributed by atoms with Gasteiger partial charge in [0.2, 0.25) is 0 Å². The van der Waals surface area contributed by atoms with Crippen molar-refractivity contribution in [1.29, 1.82) is 0 Å². The summed E-state index contributed by atoms with van der Waals surface area (Å²) in [6.07, 6.45) is 3.01. The third kappa shape index (κ3) is 2.51. The summed E-state index contributed by atoms with van der Waals surface area (Å²) in [5.74, 6) is 0.213. The first-order valence-corrected chi connectivity index (χ1v) is 7.11. The summed E-state index contributed by atoms with van der Waals surface area (Å²) in [5, 5.41) is 1.14. The lowest BCUT2D eigenvalue weighted by atomic mass is 9.91. The van der Waals surface area contributed by atoms with Crippen LogP contribution in [0.1, 0.15) is 61.0 Å². The van der Waals surface area contributed by atoms with E-state index in [1.165, 1.54) is 4.88 Å². The van der Waals surface area contributed by atoms with Crippen molar-refractivity contribution in [2.24, 2.45) is 0 Å². The van der Waals surface area contributed by atoms with Crippen LogP contribution in [0.3, 0.4) is 0 Å². The third-order valence-electron chi connectivity index (χ3n) is 3.04. The summed E-state index contributed by atoms with van der Waals surface area (Å²) in [6.45, 7) is 6.58. The molecule has 1 aliphatic rings. The van der Waals surface area contributed by atoms with Gasteiger partial charge in [-0.1, -0.05) is 13.8 Å². The highest BCUT2D eigenvalue weighted by atomic mass is 32.1. The number of rotatable bonds is 3. The van der Waals surface area contributed by atoms with Gasteiger partial charge in [0.05, 0.1) is 17.3 Å². The Hall–Kier alpha value is -0.900. The molecular formula is C13H19NO2S. The normalized spacial score (nSPS) is 19.2. The van der Waals surface area contributed by atoms with E-state index in [1.54, 1.807) is 11.3 Å². The smallest absolute Gasteiger partial charge is 0.315 e. The predicted molar refractivity (Wildman–Crippen MR) is 68.5 cm³/mol. The molecule has 0 amide bonds. The Balaban J connectivity index is 2.27. The molecule has 2 rings (SSSR count). The summed E-state index contributed by atoms with van der Waals surface area (Å²) in [4.78, 5) is 17.8. The Morgan fingerprint density at radius 3 is 3.00 bits per heavy atom. The van der Waals surface area contributed by atoms with Gasteiger partial charge in [-0.15, -0.1) is 11.3 Å². The molecule has 0 saturated carbocycles. The van der Waals surface area contributed by atoms with Gasteiger partial charge in [0, 0.05) is 10.8 Å². The maximum atomic E-state index is 11.9. The number of fused-ring (bicyclic) bond motifs is 1. The molecule has 1 aliphatic carbocycles. The Morgan fingerprint density at radius 1 is 1.59 bits per heavy atom. The number of carbonyl (C=O) groups excluding carboxylic acids is 1. The first-order valence-electron chi connectivity index (χ1n) is 6.29. The van der Waals surface area contributed by atoms with Crippen LogP contribution in [-0.2, 0) is 16.0 Å². The molecule has 1 unspecified atom stereocenters. The predicted octanol–water partition coefficient (Wildman–Crippen LogP) is 3.25. The number of ether oxygens (including phenoxy) is 1. The Labute approximate surface area is 106 Å². The highest BCUT2D eigenvalue weighted by Crippen LogP contribution is 2.37. The molecule has 1 atom stereocenters. The van der Waals surface area contributed by atoms with E-state index in [2.05, 4.69) is 18.8 Å². The number of hydrogen-bond donors (Lipinski definition) is 0. The van der Waals surface area contributed by atoms with Gasteiger partial charge < -0.3 is 4.74 Å². The van der Waals surface area contributed by atoms with E-state index in [0.717, 1.165) is 30.0 Å². The summed E-state index contributed by atoms with van der Waals surface area (Å²) < 4.78 is 5.13. The van der Waals surface area contributed by atoms with E-state index in [0.29, 0.717) is 12.5 Å². The molecule has 0 saturated heterocycles. The second-order valence-corrected chi connectivity index (χ2v) is 5.83. The van der Waals surface area contributed by atoms with Crippen LogP contribution in [0.4, 0.5) is 0 Å². The Kier molecular flexibility index (Phi) is 3.82. The lowest BCUT2D eigenvalue weighted by molar-refractivity contribution is -0.145. The van der Waals surface area contributed by atoms with E-state index in [-0.39, 0.29) is 11.9 Å². The molecule has 1 aromatic rings. The molecule has 4 heteroatoms. The van der Waals surface area contributed by atoms with Gasteiger partial charge in [0.15, 0.2) is 0 Å². The molecule has 0 spiro atoms. The highest BCUT2D eigenvalue weighted by molar-refractivity contribution is 7.11. The molecule has 0 bridgehead atoms. The monoisotopic (exact) mass is 253 g/mol. The zero-order valence-electron chi connectivity index (χ0n) is 10.7. The highest BCUT2D eigenvalue weighted by Gasteiger charge is 2.31. The van der Waals surface area contributed by atoms with E-state index < -0.39 is 0 Å². The van der Waals surface area contributed by atoms with Crippen LogP contribution in [0, 0.1) is 0 Å². The van der Waals surface area contributed by atoms with Gasteiger partial charge in [-0.2, -0.15) is 0 Å². The third-order valence-corrected chi connectivity index (χ3v) is 4.47. The van der Waals surface area contributed by atoms with E-state index >= 15 is 0 Å². The SMILES string of the molecule is CCOC(=O)C1CCCc2sc(C(C)C)nc21. The second kappa shape index (κ2) is 5.17. The zero-order chi connectivity index (χ0) is 12.4. The van der Waals surface area contributed by atoms with Crippen LogP contribution >= 0.6 is 11.3 Å². The minimum Gasteiger partial charge on any atom is -0.465 e. The van der Waals surface area contributed by atoms with E-state index in [9.17, 15) is 4.79 Å². The van der Waals surface area contributed by atoms with Crippen LogP contribution in [-0.4, -0.2) is 17.6 Å². The van der Waals surface area contributed by atoms with Crippen LogP contribution in [0.5, 0.6) is 0 Å². The molecule has 3 nitrogen and oxygen atoms in total. The average molecular weight is 253 g/mol. The van der Waals surface area contributed by atoms with Crippen molar-refractivity contribution in [3.8, 4) is 0 Å². The minimum atomic E-state index is -0.123. The molecule has 1 aromatic heterocycles. The maximum absolute atomic E-state index is 11.9. The van der Waals surface area contributed by atoms with Crippen LogP contribution in [0.2, 0.25) is 0 Å². The molecule has 0 aliphatic heterocycles. The van der Waals surface area contributed by atoms with E-state index in [4.69, 9.17) is 4.74 Å². The number of aryl methyl sites for hydroxylation is 1. The van der Waals surface area contributed by atoms with Crippen molar-refractivity contribution in [1.82, 2.24) is 4.98 Å². The number of aromatic nitrogens is 1. The molecular weight excluding hydrogens is 234 g/mol. The van der Waals surface area contributed by atoms with Gasteiger partial charge in [0.1, 0.15) is 5.92 Å². The molecule has 94 valence electrons. The molecule has 0 fully saturated rings. The number of hydrogen-bond acceptors (Lipinski definition) is 4. The van der Waals surface area contributed by atoms with E-state index in [1.807, 2.05) is 6.92 Å². The Bertz CT molecular complexity index is 412. The number of carbonyl (C=O) groups is 1. The van der Waals surface area contributed by atoms with Gasteiger partial charge in [-0.25, -0.2) is 4.98 Å². The van der Waals surface area contributed by atoms with Crippen LogP contribution < -0.4 is 0 Å². The summed E-state index contributed by atoms with van der Waals surface area (Å²) >= 11 is 1.76. The number of esters is 1. The first kappa shape index (κ1) is 12.6. The molecule has 0 N–H and O–H groups in total. The topological polar surface area (TPSA) is 39.2 Å². The average Bonchev–Trinajstić information content (AvgIpc) is 2.72. The molecule has 1 heterocycles. The van der Waals surface area contributed by atoms with Crippen LogP contribution in [0.25, 0.3) is 0 Å². The second-order valence-electron chi connectivity index (χ2n) is 4.71. The molecule has 17 heavy (non-hydrogen) atoms. The number of nitrogens with zero attached hydrogens (tertiary/aromatic N) is 1. The van der Waals surface area contributed by atoms with Crippen molar-refractivity contribution in [3.05, 3.63) is 15.6 Å². The van der Waals surface area contributed by atoms with Crippen molar-refractivity contribution in [2.45, 2.75) is 51.9 Å². The number of thiazole rings is 1. The fraction of sp³-hybridized carbons (Fsp3) is 0.692. The largest absolute Gasteiger partial charge is 0.465 e. The lowest BCUT2D eigenvalue weighted by Crippen LogP contribution is -2.20. The summed E-state index contributed by atoms with van der Waals surface area (Å²) in [7, 11) is 0. The van der Waals surface area contributed by atoms with Gasteiger partial charge >= 0.3 is 5.97 Å². The fourth-order valence-electron chi connectivity index (χ4n) is 2.16. The fourth-order valence-corrected chi connectivity index (χ4v) is 3.33. The van der Waals surface area contributed by atoms with Gasteiger partial charge in [-0.05, 0) is 26.2 Å². The van der Waals surface area contributed by atoms with Gasteiger partial charge in [-0.3, -0.25) is 4.79 Å². The Morgan fingerprint density at radius 2 is 2.35 bits per heavy atom. The maximum Gasteiger partial charge on any atom is 0.315 e. The first-order chi connectivity index (χ1) is 8.13.